The van der Waals surface area contributed by atoms with Gasteiger partial charge in [-0.1, -0.05) is 17.7 Å². The number of ether oxygens (including phenoxy) is 2. The van der Waals surface area contributed by atoms with Crippen LogP contribution in [-0.4, -0.2) is 40.3 Å². The minimum absolute atomic E-state index is 0.140. The average Bonchev–Trinajstić information content (AvgIpc) is 3.16. The van der Waals surface area contributed by atoms with Crippen LogP contribution in [0.3, 0.4) is 0 Å². The molecule has 2 bridgehead atoms. The number of esters is 1. The van der Waals surface area contributed by atoms with Gasteiger partial charge in [-0.25, -0.2) is 4.79 Å². The number of hydrogen-bond acceptors (Lipinski definition) is 5. The van der Waals surface area contributed by atoms with Gasteiger partial charge in [-0.2, -0.15) is 0 Å². The Hall–Kier alpha value is -1.72. The maximum atomic E-state index is 12.6. The van der Waals surface area contributed by atoms with Gasteiger partial charge >= 0.3 is 5.97 Å². The van der Waals surface area contributed by atoms with E-state index in [1.54, 1.807) is 0 Å². The number of rotatable bonds is 1. The van der Waals surface area contributed by atoms with E-state index in [2.05, 4.69) is 6.58 Å². The highest BCUT2D eigenvalue weighted by atomic mass is 16.7. The molecular weight excluding hydrogens is 332 g/mol. The third kappa shape index (κ3) is 2.37. The van der Waals surface area contributed by atoms with Gasteiger partial charge in [-0.05, 0) is 64.0 Å². The number of aliphatic hydroxyl groups is 1. The highest BCUT2D eigenvalue weighted by molar-refractivity contribution is 6.10. The summed E-state index contributed by atoms with van der Waals surface area (Å²) in [4.78, 5) is 25.0. The van der Waals surface area contributed by atoms with Crippen molar-refractivity contribution in [1.29, 1.82) is 0 Å². The molecule has 4 aliphatic rings. The summed E-state index contributed by atoms with van der Waals surface area (Å²) in [6.45, 7) is 9.72. The van der Waals surface area contributed by atoms with Crippen LogP contribution < -0.4 is 0 Å². The molecule has 140 valence electrons. The molecular formula is C21H26O5. The molecule has 0 amide bonds. The SMILES string of the molecule is C=C(C)[C@H]1CC[C@@]23O[C@@H]2[C@@H](C/C(C)=C2/C(=O)C=C(C)[C@@]2(O)CC1)OC3=O. The Balaban J connectivity index is 1.75. The molecule has 1 N–H and O–H groups in total. The molecule has 0 aromatic heterocycles. The molecule has 0 spiro atoms. The summed E-state index contributed by atoms with van der Waals surface area (Å²) in [7, 11) is 0. The lowest BCUT2D eigenvalue weighted by Crippen LogP contribution is -2.34. The van der Waals surface area contributed by atoms with E-state index in [1.165, 1.54) is 6.08 Å². The molecule has 0 saturated carbocycles. The van der Waals surface area contributed by atoms with E-state index in [1.807, 2.05) is 20.8 Å². The molecule has 0 aromatic carbocycles. The van der Waals surface area contributed by atoms with Gasteiger partial charge in [0.15, 0.2) is 11.4 Å². The van der Waals surface area contributed by atoms with Crippen molar-refractivity contribution in [3.8, 4) is 0 Å². The molecule has 2 fully saturated rings. The first-order valence-electron chi connectivity index (χ1n) is 9.39. The number of ketones is 1. The van der Waals surface area contributed by atoms with Crippen LogP contribution in [0.15, 0.2) is 34.9 Å². The Morgan fingerprint density at radius 2 is 1.96 bits per heavy atom. The lowest BCUT2D eigenvalue weighted by molar-refractivity contribution is -0.154. The topological polar surface area (TPSA) is 76.1 Å². The van der Waals surface area contributed by atoms with E-state index in [9.17, 15) is 14.7 Å². The molecule has 5 heteroatoms. The van der Waals surface area contributed by atoms with Gasteiger partial charge in [-0.15, -0.1) is 0 Å². The summed E-state index contributed by atoms with van der Waals surface area (Å²) in [5, 5.41) is 11.4. The van der Waals surface area contributed by atoms with E-state index < -0.39 is 11.2 Å². The van der Waals surface area contributed by atoms with Crippen molar-refractivity contribution in [3.63, 3.8) is 0 Å². The van der Waals surface area contributed by atoms with Gasteiger partial charge in [-0.3, -0.25) is 4.79 Å². The van der Waals surface area contributed by atoms with Crippen molar-refractivity contribution >= 4 is 11.8 Å². The van der Waals surface area contributed by atoms with Crippen molar-refractivity contribution in [2.75, 3.05) is 0 Å². The number of epoxide rings is 1. The molecule has 26 heavy (non-hydrogen) atoms. The number of carbonyl (C=O) groups is 2. The van der Waals surface area contributed by atoms with Crippen LogP contribution in [0.25, 0.3) is 0 Å². The fourth-order valence-corrected chi connectivity index (χ4v) is 4.97. The van der Waals surface area contributed by atoms with E-state index in [0.29, 0.717) is 36.8 Å². The van der Waals surface area contributed by atoms with Gasteiger partial charge in [0.05, 0.1) is 0 Å². The highest BCUT2D eigenvalue weighted by Crippen LogP contribution is 2.53. The van der Waals surface area contributed by atoms with Crippen LogP contribution in [0.5, 0.6) is 0 Å². The summed E-state index contributed by atoms with van der Waals surface area (Å²) in [6.07, 6.45) is 3.90. The number of fused-ring (bicyclic) bond motifs is 1. The van der Waals surface area contributed by atoms with Crippen molar-refractivity contribution in [2.24, 2.45) is 5.92 Å². The fourth-order valence-electron chi connectivity index (χ4n) is 4.97. The Kier molecular flexibility index (Phi) is 3.83. The molecule has 2 aliphatic carbocycles. The number of carbonyl (C=O) groups excluding carboxylic acids is 2. The van der Waals surface area contributed by atoms with Crippen LogP contribution in [-0.2, 0) is 19.1 Å². The van der Waals surface area contributed by atoms with Crippen LogP contribution >= 0.6 is 0 Å². The Bertz CT molecular complexity index is 775. The van der Waals surface area contributed by atoms with Crippen molar-refractivity contribution in [2.45, 2.75) is 76.3 Å². The van der Waals surface area contributed by atoms with Crippen molar-refractivity contribution in [1.82, 2.24) is 0 Å². The standard InChI is InChI=1S/C21H26O5/c1-11(2)14-5-7-20(24)13(4)10-15(22)17(20)12(3)9-16-18-21(26-18,8-6-14)19(23)25-16/h10,14,16,18,24H,1,5-9H2,2-4H3/b17-12-/t14-,16-,18-,20+,21-/m1/s1. The summed E-state index contributed by atoms with van der Waals surface area (Å²) < 4.78 is 11.4. The minimum atomic E-state index is -1.24. The summed E-state index contributed by atoms with van der Waals surface area (Å²) >= 11 is 0. The molecule has 5 atom stereocenters. The maximum Gasteiger partial charge on any atom is 0.341 e. The Morgan fingerprint density at radius 3 is 2.62 bits per heavy atom. The zero-order valence-electron chi connectivity index (χ0n) is 15.6. The van der Waals surface area contributed by atoms with Gasteiger partial charge in [0.2, 0.25) is 0 Å². The first-order chi connectivity index (χ1) is 12.2. The summed E-state index contributed by atoms with van der Waals surface area (Å²) in [5.41, 5.74) is 0.905. The number of hydrogen-bond donors (Lipinski definition) is 1. The predicted molar refractivity (Wildman–Crippen MR) is 95.3 cm³/mol. The third-order valence-electron chi connectivity index (χ3n) is 6.69. The van der Waals surface area contributed by atoms with Gasteiger partial charge < -0.3 is 14.6 Å². The zero-order valence-corrected chi connectivity index (χ0v) is 15.6. The average molecular weight is 358 g/mol. The normalized spacial score (nSPS) is 45.1. The van der Waals surface area contributed by atoms with Gasteiger partial charge in [0, 0.05) is 12.0 Å². The Labute approximate surface area is 153 Å². The van der Waals surface area contributed by atoms with E-state index >= 15 is 0 Å². The monoisotopic (exact) mass is 358 g/mol. The molecule has 2 saturated heterocycles. The van der Waals surface area contributed by atoms with E-state index in [0.717, 1.165) is 17.6 Å². The first-order valence-corrected chi connectivity index (χ1v) is 9.39. The fraction of sp³-hybridized carbons (Fsp3) is 0.619. The largest absolute Gasteiger partial charge is 0.457 e. The predicted octanol–water partition coefficient (Wildman–Crippen LogP) is 2.78. The molecule has 0 unspecified atom stereocenters. The second-order valence-electron chi connectivity index (χ2n) is 8.40. The minimum Gasteiger partial charge on any atom is -0.457 e. The second-order valence-corrected chi connectivity index (χ2v) is 8.40. The number of allylic oxidation sites excluding steroid dienone is 2. The lowest BCUT2D eigenvalue weighted by atomic mass is 9.78. The van der Waals surface area contributed by atoms with Crippen molar-refractivity contribution < 1.29 is 24.2 Å². The first kappa shape index (κ1) is 17.7. The van der Waals surface area contributed by atoms with E-state index in [4.69, 9.17) is 9.47 Å². The third-order valence-corrected chi connectivity index (χ3v) is 6.69. The Morgan fingerprint density at radius 1 is 1.27 bits per heavy atom. The molecule has 2 heterocycles. The molecule has 2 aliphatic heterocycles. The maximum absolute atomic E-state index is 12.6. The summed E-state index contributed by atoms with van der Waals surface area (Å²) in [6, 6.07) is 0. The van der Waals surface area contributed by atoms with Crippen LogP contribution in [0, 0.1) is 5.92 Å². The second kappa shape index (κ2) is 5.64. The van der Waals surface area contributed by atoms with Crippen molar-refractivity contribution in [3.05, 3.63) is 34.9 Å². The van der Waals surface area contributed by atoms with Gasteiger partial charge in [0.25, 0.3) is 0 Å². The zero-order chi connectivity index (χ0) is 18.9. The molecule has 4 rings (SSSR count). The van der Waals surface area contributed by atoms with E-state index in [-0.39, 0.29) is 29.9 Å². The quantitative estimate of drug-likeness (QED) is 0.443. The molecule has 0 radical (unpaired) electrons. The summed E-state index contributed by atoms with van der Waals surface area (Å²) in [5.74, 6) is -0.263. The molecule has 0 aromatic rings. The van der Waals surface area contributed by atoms with Crippen LogP contribution in [0.1, 0.15) is 52.9 Å². The molecule has 5 nitrogen and oxygen atoms in total. The van der Waals surface area contributed by atoms with Gasteiger partial charge in [0.1, 0.15) is 17.8 Å². The lowest BCUT2D eigenvalue weighted by Gasteiger charge is -2.30. The smallest absolute Gasteiger partial charge is 0.341 e. The van der Waals surface area contributed by atoms with Crippen LogP contribution in [0.4, 0.5) is 0 Å². The highest BCUT2D eigenvalue weighted by Gasteiger charge is 2.72. The van der Waals surface area contributed by atoms with Crippen LogP contribution in [0.2, 0.25) is 0 Å².